The number of para-hydroxylation sites is 3. The van der Waals surface area contributed by atoms with Crippen molar-refractivity contribution in [2.45, 2.75) is 25.8 Å². The SMILES string of the molecule is C[C@@H]1CCc2cccc3c2N1c1nc2ccccc2nc1O3. The molecule has 3 heterocycles. The Balaban J connectivity index is 1.82. The third-order valence-corrected chi connectivity index (χ3v) is 4.55. The topological polar surface area (TPSA) is 38.2 Å². The van der Waals surface area contributed by atoms with E-state index >= 15 is 0 Å². The molecule has 0 bridgehead atoms. The smallest absolute Gasteiger partial charge is 0.264 e. The van der Waals surface area contributed by atoms with Gasteiger partial charge in [-0.1, -0.05) is 24.3 Å². The zero-order valence-electron chi connectivity index (χ0n) is 12.3. The predicted molar refractivity (Wildman–Crippen MR) is 86.0 cm³/mol. The first-order valence-electron chi connectivity index (χ1n) is 7.67. The third-order valence-electron chi connectivity index (χ3n) is 4.55. The molecule has 0 radical (unpaired) electrons. The van der Waals surface area contributed by atoms with Gasteiger partial charge in [0.15, 0.2) is 11.6 Å². The van der Waals surface area contributed by atoms with Crippen LogP contribution < -0.4 is 9.64 Å². The highest BCUT2D eigenvalue weighted by molar-refractivity contribution is 5.84. The lowest BCUT2D eigenvalue weighted by Gasteiger charge is -2.40. The lowest BCUT2D eigenvalue weighted by atomic mass is 9.95. The quantitative estimate of drug-likeness (QED) is 0.621. The van der Waals surface area contributed by atoms with E-state index in [9.17, 15) is 0 Å². The van der Waals surface area contributed by atoms with Crippen LogP contribution in [0.1, 0.15) is 18.9 Å². The maximum Gasteiger partial charge on any atom is 0.264 e. The second kappa shape index (κ2) is 4.19. The average Bonchev–Trinajstić information content (AvgIpc) is 2.55. The summed E-state index contributed by atoms with van der Waals surface area (Å²) in [6.07, 6.45) is 2.20. The molecule has 5 rings (SSSR count). The minimum Gasteiger partial charge on any atom is -0.434 e. The number of rotatable bonds is 0. The van der Waals surface area contributed by atoms with Gasteiger partial charge in [0.2, 0.25) is 0 Å². The molecule has 0 saturated carbocycles. The summed E-state index contributed by atoms with van der Waals surface area (Å²) in [5, 5.41) is 0. The van der Waals surface area contributed by atoms with E-state index in [1.807, 2.05) is 30.3 Å². The summed E-state index contributed by atoms with van der Waals surface area (Å²) in [5.74, 6) is 2.34. The number of ether oxygens (including phenoxy) is 1. The Labute approximate surface area is 128 Å². The van der Waals surface area contributed by atoms with Crippen LogP contribution in [0.25, 0.3) is 11.0 Å². The summed E-state index contributed by atoms with van der Waals surface area (Å²) in [4.78, 5) is 11.8. The van der Waals surface area contributed by atoms with Crippen molar-refractivity contribution >= 4 is 22.5 Å². The molecule has 3 aromatic rings. The highest BCUT2D eigenvalue weighted by Crippen LogP contribution is 2.50. The molecule has 0 aliphatic carbocycles. The maximum atomic E-state index is 6.07. The van der Waals surface area contributed by atoms with E-state index in [0.717, 1.165) is 35.4 Å². The lowest BCUT2D eigenvalue weighted by molar-refractivity contribution is 0.439. The average molecular weight is 289 g/mol. The van der Waals surface area contributed by atoms with E-state index < -0.39 is 0 Å². The molecule has 2 aliphatic rings. The minimum atomic E-state index is 0.395. The van der Waals surface area contributed by atoms with Gasteiger partial charge in [0.05, 0.1) is 16.7 Å². The van der Waals surface area contributed by atoms with Crippen LogP contribution in [-0.2, 0) is 6.42 Å². The van der Waals surface area contributed by atoms with Crippen LogP contribution in [0.4, 0.5) is 11.5 Å². The Morgan fingerprint density at radius 1 is 1.05 bits per heavy atom. The molecule has 2 aliphatic heterocycles. The number of fused-ring (bicyclic) bond motifs is 3. The molecule has 0 spiro atoms. The van der Waals surface area contributed by atoms with Crippen molar-refractivity contribution in [3.63, 3.8) is 0 Å². The molecule has 2 aromatic carbocycles. The number of hydrogen-bond acceptors (Lipinski definition) is 4. The molecule has 1 atom stereocenters. The fraction of sp³-hybridized carbons (Fsp3) is 0.222. The van der Waals surface area contributed by atoms with E-state index in [4.69, 9.17) is 9.72 Å². The first-order valence-corrected chi connectivity index (χ1v) is 7.67. The van der Waals surface area contributed by atoms with Gasteiger partial charge in [-0.2, -0.15) is 0 Å². The van der Waals surface area contributed by atoms with E-state index in [2.05, 4.69) is 28.9 Å². The van der Waals surface area contributed by atoms with Crippen molar-refractivity contribution in [2.75, 3.05) is 4.90 Å². The summed E-state index contributed by atoms with van der Waals surface area (Å²) < 4.78 is 6.07. The molecule has 4 heteroatoms. The molecule has 1 aromatic heterocycles. The predicted octanol–water partition coefficient (Wildman–Crippen LogP) is 4.21. The van der Waals surface area contributed by atoms with E-state index in [1.165, 1.54) is 11.3 Å². The second-order valence-electron chi connectivity index (χ2n) is 5.96. The van der Waals surface area contributed by atoms with Gasteiger partial charge in [0.1, 0.15) is 0 Å². The van der Waals surface area contributed by atoms with Gasteiger partial charge in [-0.3, -0.25) is 0 Å². The van der Waals surface area contributed by atoms with Crippen LogP contribution in [0.2, 0.25) is 0 Å². The van der Waals surface area contributed by atoms with E-state index in [-0.39, 0.29) is 0 Å². The molecular formula is C18H15N3O. The lowest BCUT2D eigenvalue weighted by Crippen LogP contribution is -2.36. The Morgan fingerprint density at radius 3 is 2.73 bits per heavy atom. The van der Waals surface area contributed by atoms with Crippen molar-refractivity contribution in [3.8, 4) is 11.6 Å². The number of nitrogens with zero attached hydrogens (tertiary/aromatic N) is 3. The first kappa shape index (κ1) is 12.0. The fourth-order valence-electron chi connectivity index (χ4n) is 3.46. The highest BCUT2D eigenvalue weighted by Gasteiger charge is 2.35. The normalized spacial score (nSPS) is 18.6. The highest BCUT2D eigenvalue weighted by atomic mass is 16.5. The van der Waals surface area contributed by atoms with Crippen LogP contribution >= 0.6 is 0 Å². The summed E-state index contributed by atoms with van der Waals surface area (Å²) >= 11 is 0. The fourth-order valence-corrected chi connectivity index (χ4v) is 3.46. The standard InChI is InChI=1S/C18H15N3O/c1-11-9-10-12-5-4-8-15-16(12)21(11)17-18(22-15)20-14-7-3-2-6-13(14)19-17/h2-8,11H,9-10H2,1H3/t11-/m1/s1. The van der Waals surface area contributed by atoms with Gasteiger partial charge in [-0.25, -0.2) is 9.97 Å². The van der Waals surface area contributed by atoms with Gasteiger partial charge in [-0.15, -0.1) is 0 Å². The van der Waals surface area contributed by atoms with Crippen LogP contribution in [0.5, 0.6) is 11.6 Å². The van der Waals surface area contributed by atoms with Crippen molar-refractivity contribution in [1.82, 2.24) is 9.97 Å². The number of anilines is 2. The molecule has 108 valence electrons. The molecule has 0 fully saturated rings. The van der Waals surface area contributed by atoms with Crippen LogP contribution in [0, 0.1) is 0 Å². The van der Waals surface area contributed by atoms with E-state index in [0.29, 0.717) is 11.9 Å². The Morgan fingerprint density at radius 2 is 1.86 bits per heavy atom. The molecule has 0 N–H and O–H groups in total. The van der Waals surface area contributed by atoms with Crippen LogP contribution in [0.15, 0.2) is 42.5 Å². The maximum absolute atomic E-state index is 6.07. The zero-order chi connectivity index (χ0) is 14.7. The first-order chi connectivity index (χ1) is 10.8. The van der Waals surface area contributed by atoms with E-state index in [1.54, 1.807) is 0 Å². The molecular weight excluding hydrogens is 274 g/mol. The second-order valence-corrected chi connectivity index (χ2v) is 5.96. The summed E-state index contributed by atoms with van der Waals surface area (Å²) in [6.45, 7) is 2.24. The zero-order valence-corrected chi connectivity index (χ0v) is 12.3. The minimum absolute atomic E-state index is 0.395. The summed E-state index contributed by atoms with van der Waals surface area (Å²) in [6, 6.07) is 14.6. The number of aryl methyl sites for hydroxylation is 1. The van der Waals surface area contributed by atoms with Crippen LogP contribution in [0.3, 0.4) is 0 Å². The van der Waals surface area contributed by atoms with Gasteiger partial charge in [0, 0.05) is 6.04 Å². The summed E-state index contributed by atoms with van der Waals surface area (Å²) in [7, 11) is 0. The van der Waals surface area contributed by atoms with Gasteiger partial charge in [0.25, 0.3) is 5.88 Å². The largest absolute Gasteiger partial charge is 0.434 e. The van der Waals surface area contributed by atoms with Gasteiger partial charge >= 0.3 is 0 Å². The third kappa shape index (κ3) is 1.52. The van der Waals surface area contributed by atoms with Crippen molar-refractivity contribution in [3.05, 3.63) is 48.0 Å². The number of benzene rings is 2. The Kier molecular flexibility index (Phi) is 2.28. The molecule has 4 nitrogen and oxygen atoms in total. The molecule has 0 amide bonds. The number of hydrogen-bond donors (Lipinski definition) is 0. The molecule has 22 heavy (non-hydrogen) atoms. The van der Waals surface area contributed by atoms with Gasteiger partial charge in [-0.05, 0) is 43.5 Å². The van der Waals surface area contributed by atoms with Crippen molar-refractivity contribution in [2.24, 2.45) is 0 Å². The van der Waals surface area contributed by atoms with Crippen molar-refractivity contribution < 1.29 is 4.74 Å². The van der Waals surface area contributed by atoms with Crippen LogP contribution in [-0.4, -0.2) is 16.0 Å². The molecule has 0 unspecified atom stereocenters. The monoisotopic (exact) mass is 289 g/mol. The number of aromatic nitrogens is 2. The Hall–Kier alpha value is -2.62. The Bertz CT molecular complexity index is 906. The molecule has 0 saturated heterocycles. The summed E-state index contributed by atoms with van der Waals surface area (Å²) in [5.41, 5.74) is 4.27. The van der Waals surface area contributed by atoms with Crippen molar-refractivity contribution in [1.29, 1.82) is 0 Å². The van der Waals surface area contributed by atoms with Gasteiger partial charge < -0.3 is 9.64 Å².